The molecule has 1 aromatic rings. The van der Waals surface area contributed by atoms with Gasteiger partial charge < -0.3 is 10.2 Å². The Bertz CT molecular complexity index is 617. The van der Waals surface area contributed by atoms with Gasteiger partial charge in [0.15, 0.2) is 0 Å². The van der Waals surface area contributed by atoms with Crippen LogP contribution in [0.2, 0.25) is 10.0 Å². The van der Waals surface area contributed by atoms with Gasteiger partial charge in [-0.3, -0.25) is 0 Å². The summed E-state index contributed by atoms with van der Waals surface area (Å²) in [6, 6.07) is 2.14. The maximum atomic E-state index is 12.1. The number of nitrogens with one attached hydrogen (secondary N) is 1. The summed E-state index contributed by atoms with van der Waals surface area (Å²) in [5.74, 6) is -1.67. The highest BCUT2D eigenvalue weighted by Crippen LogP contribution is 2.29. The molecule has 0 aromatic heterocycles. The number of benzene rings is 1. The third-order valence-electron chi connectivity index (χ3n) is 2.46. The van der Waals surface area contributed by atoms with E-state index in [1.54, 1.807) is 6.92 Å². The molecule has 1 rings (SSSR count). The smallest absolute Gasteiger partial charge is 0.337 e. The van der Waals surface area contributed by atoms with Crippen LogP contribution in [-0.4, -0.2) is 37.8 Å². The van der Waals surface area contributed by atoms with E-state index in [1.165, 1.54) is 0 Å². The van der Waals surface area contributed by atoms with Crippen LogP contribution in [0, 0.1) is 5.92 Å². The fourth-order valence-corrected chi connectivity index (χ4v) is 3.37. The number of rotatable bonds is 6. The van der Waals surface area contributed by atoms with Gasteiger partial charge in [0, 0.05) is 18.2 Å². The molecule has 0 bridgehead atoms. The van der Waals surface area contributed by atoms with Gasteiger partial charge in [0.2, 0.25) is 10.0 Å². The number of hydrogen-bond donors (Lipinski definition) is 3. The minimum absolute atomic E-state index is 0.00984. The molecule has 1 aromatic carbocycles. The van der Waals surface area contributed by atoms with Crippen LogP contribution in [0.5, 0.6) is 0 Å². The van der Waals surface area contributed by atoms with Crippen molar-refractivity contribution in [3.8, 4) is 0 Å². The third kappa shape index (κ3) is 4.07. The molecule has 3 N–H and O–H groups in total. The van der Waals surface area contributed by atoms with Gasteiger partial charge in [-0.2, -0.15) is 0 Å². The average molecular weight is 342 g/mol. The number of aliphatic hydroxyl groups is 1. The fraction of sp³-hybridized carbons (Fsp3) is 0.364. The number of carbonyl (C=O) groups is 1. The van der Waals surface area contributed by atoms with E-state index in [2.05, 4.69) is 4.72 Å². The lowest BCUT2D eigenvalue weighted by atomic mass is 10.2. The number of aromatic carboxylic acids is 1. The van der Waals surface area contributed by atoms with E-state index >= 15 is 0 Å². The first-order valence-corrected chi connectivity index (χ1v) is 7.75. The minimum atomic E-state index is -4.02. The van der Waals surface area contributed by atoms with E-state index in [0.717, 1.165) is 12.1 Å². The number of sulfonamides is 1. The lowest BCUT2D eigenvalue weighted by Crippen LogP contribution is -2.30. The molecule has 0 fully saturated rings. The van der Waals surface area contributed by atoms with Crippen LogP contribution in [-0.2, 0) is 10.0 Å². The van der Waals surface area contributed by atoms with Gasteiger partial charge in [-0.15, -0.1) is 0 Å². The normalized spacial score (nSPS) is 13.2. The molecule has 6 nitrogen and oxygen atoms in total. The summed E-state index contributed by atoms with van der Waals surface area (Å²) in [6.07, 6.45) is 0. The summed E-state index contributed by atoms with van der Waals surface area (Å²) >= 11 is 11.5. The largest absolute Gasteiger partial charge is 0.478 e. The molecule has 0 amide bonds. The number of halogens is 2. The molecule has 112 valence electrons. The van der Waals surface area contributed by atoms with Crippen molar-refractivity contribution in [2.75, 3.05) is 13.2 Å². The molecule has 9 heteroatoms. The number of aliphatic hydroxyl groups excluding tert-OH is 1. The van der Waals surface area contributed by atoms with Crippen molar-refractivity contribution in [3.63, 3.8) is 0 Å². The lowest BCUT2D eigenvalue weighted by molar-refractivity contribution is 0.0697. The molecule has 0 aliphatic carbocycles. The fourth-order valence-electron chi connectivity index (χ4n) is 1.31. The van der Waals surface area contributed by atoms with Crippen LogP contribution in [0.4, 0.5) is 0 Å². The van der Waals surface area contributed by atoms with Crippen LogP contribution < -0.4 is 4.72 Å². The highest BCUT2D eigenvalue weighted by atomic mass is 35.5. The molecule has 1 atom stereocenters. The Labute approximate surface area is 126 Å². The zero-order valence-electron chi connectivity index (χ0n) is 10.4. The van der Waals surface area contributed by atoms with E-state index in [4.69, 9.17) is 33.4 Å². The van der Waals surface area contributed by atoms with Crippen molar-refractivity contribution < 1.29 is 23.4 Å². The van der Waals surface area contributed by atoms with Crippen LogP contribution in [0.3, 0.4) is 0 Å². The number of hydrogen-bond acceptors (Lipinski definition) is 4. The molecule has 0 aliphatic rings. The molecular formula is C11H13Cl2NO5S. The molecule has 0 saturated heterocycles. The first-order chi connectivity index (χ1) is 9.19. The van der Waals surface area contributed by atoms with E-state index in [-0.39, 0.29) is 24.1 Å². The molecule has 0 heterocycles. The number of carboxylic acids is 1. The summed E-state index contributed by atoms with van der Waals surface area (Å²) in [7, 11) is -4.02. The standard InChI is InChI=1S/C11H13Cl2NO5S/c1-6(5-15)4-14-20(18,19)9-3-7(12)2-8(10(9)13)11(16)17/h2-3,6,14-15H,4-5H2,1H3,(H,16,17). The second kappa shape index (κ2) is 6.73. The van der Waals surface area contributed by atoms with Gasteiger partial charge in [-0.25, -0.2) is 17.9 Å². The Hall–Kier alpha value is -0.860. The molecule has 0 radical (unpaired) electrons. The predicted octanol–water partition coefficient (Wildman–Crippen LogP) is 1.60. The van der Waals surface area contributed by atoms with Crippen molar-refractivity contribution in [3.05, 3.63) is 27.7 Å². The maximum absolute atomic E-state index is 12.1. The summed E-state index contributed by atoms with van der Waals surface area (Å²) in [4.78, 5) is 10.6. The minimum Gasteiger partial charge on any atom is -0.478 e. The van der Waals surface area contributed by atoms with E-state index in [1.807, 2.05) is 0 Å². The second-order valence-electron chi connectivity index (χ2n) is 4.21. The van der Waals surface area contributed by atoms with Gasteiger partial charge in [0.05, 0.1) is 10.6 Å². The molecule has 1 unspecified atom stereocenters. The average Bonchev–Trinajstić information content (AvgIpc) is 2.37. The van der Waals surface area contributed by atoms with Crippen molar-refractivity contribution in [2.24, 2.45) is 5.92 Å². The van der Waals surface area contributed by atoms with Crippen molar-refractivity contribution >= 4 is 39.2 Å². The predicted molar refractivity (Wildman–Crippen MR) is 74.9 cm³/mol. The Morgan fingerprint density at radius 2 is 2.00 bits per heavy atom. The van der Waals surface area contributed by atoms with Crippen LogP contribution in [0.1, 0.15) is 17.3 Å². The molecule has 20 heavy (non-hydrogen) atoms. The first kappa shape index (κ1) is 17.2. The van der Waals surface area contributed by atoms with Gasteiger partial charge in [-0.1, -0.05) is 30.1 Å². The molecule has 0 saturated carbocycles. The van der Waals surface area contributed by atoms with Crippen molar-refractivity contribution in [2.45, 2.75) is 11.8 Å². The van der Waals surface area contributed by atoms with Crippen LogP contribution in [0.15, 0.2) is 17.0 Å². The summed E-state index contributed by atoms with van der Waals surface area (Å²) in [5, 5.41) is 17.3. The van der Waals surface area contributed by atoms with Crippen molar-refractivity contribution in [1.29, 1.82) is 0 Å². The zero-order chi connectivity index (χ0) is 15.5. The quantitative estimate of drug-likeness (QED) is 0.728. The van der Waals surface area contributed by atoms with Crippen LogP contribution >= 0.6 is 23.2 Å². The van der Waals surface area contributed by atoms with Gasteiger partial charge in [-0.05, 0) is 18.1 Å². The molecule has 0 aliphatic heterocycles. The van der Waals surface area contributed by atoms with Crippen LogP contribution in [0.25, 0.3) is 0 Å². The Morgan fingerprint density at radius 1 is 1.40 bits per heavy atom. The topological polar surface area (TPSA) is 104 Å². The zero-order valence-corrected chi connectivity index (χ0v) is 12.8. The summed E-state index contributed by atoms with van der Waals surface area (Å²) in [5.41, 5.74) is -0.394. The van der Waals surface area contributed by atoms with Gasteiger partial charge >= 0.3 is 5.97 Å². The van der Waals surface area contributed by atoms with Crippen molar-refractivity contribution in [1.82, 2.24) is 4.72 Å². The van der Waals surface area contributed by atoms with E-state index < -0.39 is 31.5 Å². The second-order valence-corrected chi connectivity index (χ2v) is 6.76. The monoisotopic (exact) mass is 341 g/mol. The Morgan fingerprint density at radius 3 is 2.50 bits per heavy atom. The number of carboxylic acid groups (broad SMARTS) is 1. The molecular weight excluding hydrogens is 329 g/mol. The van der Waals surface area contributed by atoms with E-state index in [9.17, 15) is 13.2 Å². The third-order valence-corrected chi connectivity index (χ3v) is 4.64. The van der Waals surface area contributed by atoms with E-state index in [0.29, 0.717) is 0 Å². The Kier molecular flexibility index (Phi) is 5.79. The summed E-state index contributed by atoms with van der Waals surface area (Å²) < 4.78 is 26.4. The molecule has 0 spiro atoms. The first-order valence-electron chi connectivity index (χ1n) is 5.52. The Balaban J connectivity index is 3.21. The highest BCUT2D eigenvalue weighted by Gasteiger charge is 2.23. The maximum Gasteiger partial charge on any atom is 0.337 e. The SMILES string of the molecule is CC(CO)CNS(=O)(=O)c1cc(Cl)cc(C(=O)O)c1Cl. The lowest BCUT2D eigenvalue weighted by Gasteiger charge is -2.12. The van der Waals surface area contributed by atoms with Gasteiger partial charge in [0.1, 0.15) is 4.90 Å². The highest BCUT2D eigenvalue weighted by molar-refractivity contribution is 7.89. The summed E-state index contributed by atoms with van der Waals surface area (Å²) in [6.45, 7) is 1.45. The van der Waals surface area contributed by atoms with Gasteiger partial charge in [0.25, 0.3) is 0 Å².